The van der Waals surface area contributed by atoms with E-state index in [0.717, 1.165) is 31.6 Å². The highest BCUT2D eigenvalue weighted by molar-refractivity contribution is 6.20. The predicted molar refractivity (Wildman–Crippen MR) is 71.6 cm³/mol. The van der Waals surface area contributed by atoms with Crippen molar-refractivity contribution < 1.29 is 0 Å². The first-order chi connectivity index (χ1) is 8.16. The number of nitrogens with zero attached hydrogens (tertiary/aromatic N) is 2. The zero-order valence-corrected chi connectivity index (χ0v) is 11.3. The van der Waals surface area contributed by atoms with Crippen molar-refractivity contribution in [1.82, 2.24) is 9.97 Å². The van der Waals surface area contributed by atoms with Crippen molar-refractivity contribution in [2.75, 3.05) is 11.9 Å². The summed E-state index contributed by atoms with van der Waals surface area (Å²) in [4.78, 5) is 8.63. The fourth-order valence-electron chi connectivity index (χ4n) is 2.31. The molecule has 2 rings (SSSR count). The molecule has 4 heteroatoms. The summed E-state index contributed by atoms with van der Waals surface area (Å²) in [6, 6.07) is 0. The largest absolute Gasteiger partial charge is 0.368 e. The third-order valence-corrected chi connectivity index (χ3v) is 3.43. The molecule has 0 saturated carbocycles. The quantitative estimate of drug-likeness (QED) is 0.820. The van der Waals surface area contributed by atoms with Crippen LogP contribution in [0.2, 0.25) is 0 Å². The summed E-state index contributed by atoms with van der Waals surface area (Å²) in [5, 5.41) is 3.54. The Hall–Kier alpha value is -0.830. The number of aryl methyl sites for hydroxylation is 1. The number of alkyl halides is 1. The maximum atomic E-state index is 6.27. The number of fused-ring (bicyclic) bond motifs is 1. The van der Waals surface area contributed by atoms with Gasteiger partial charge >= 0.3 is 0 Å². The lowest BCUT2D eigenvalue weighted by atomic mass is 10.1. The minimum atomic E-state index is 0.169. The smallest absolute Gasteiger partial charge is 0.132 e. The Balaban J connectivity index is 1.93. The van der Waals surface area contributed by atoms with E-state index in [1.54, 1.807) is 6.33 Å². The van der Waals surface area contributed by atoms with Gasteiger partial charge in [0.15, 0.2) is 0 Å². The molecule has 17 heavy (non-hydrogen) atoms. The molecule has 0 aromatic carbocycles. The molecule has 0 fully saturated rings. The summed E-state index contributed by atoms with van der Waals surface area (Å²) < 4.78 is 0. The molecule has 94 valence electrons. The number of rotatable bonds is 5. The molecule has 1 aromatic heterocycles. The van der Waals surface area contributed by atoms with Crippen LogP contribution in [0.1, 0.15) is 37.9 Å². The minimum absolute atomic E-state index is 0.169. The first-order valence-electron chi connectivity index (χ1n) is 6.37. The second-order valence-corrected chi connectivity index (χ2v) is 5.73. The van der Waals surface area contributed by atoms with Crippen LogP contribution < -0.4 is 5.32 Å². The fraction of sp³-hybridized carbons (Fsp3) is 0.692. The van der Waals surface area contributed by atoms with Crippen LogP contribution in [-0.2, 0) is 12.8 Å². The summed E-state index contributed by atoms with van der Waals surface area (Å²) in [7, 11) is 0. The zero-order valence-electron chi connectivity index (χ0n) is 10.5. The molecule has 0 radical (unpaired) electrons. The third-order valence-electron chi connectivity index (χ3n) is 3.09. The van der Waals surface area contributed by atoms with E-state index in [1.165, 1.54) is 17.7 Å². The minimum Gasteiger partial charge on any atom is -0.368 e. The van der Waals surface area contributed by atoms with Crippen LogP contribution in [0.3, 0.4) is 0 Å². The standard InChI is InChI=1S/C13H20ClN3/c1-9(2)6-10(14)7-15-13-11-4-3-5-12(11)16-8-17-13/h8-10H,3-7H2,1-2H3,(H,15,16,17). The first kappa shape index (κ1) is 12.6. The van der Waals surface area contributed by atoms with Crippen molar-refractivity contribution >= 4 is 17.4 Å². The molecule has 1 aromatic rings. The van der Waals surface area contributed by atoms with Crippen LogP contribution in [-0.4, -0.2) is 21.9 Å². The topological polar surface area (TPSA) is 37.8 Å². The van der Waals surface area contributed by atoms with Gasteiger partial charge in [-0.05, 0) is 31.6 Å². The Morgan fingerprint density at radius 2 is 2.18 bits per heavy atom. The number of halogens is 1. The molecule has 3 nitrogen and oxygen atoms in total. The number of nitrogens with one attached hydrogen (secondary N) is 1. The van der Waals surface area contributed by atoms with Gasteiger partial charge in [-0.25, -0.2) is 9.97 Å². The van der Waals surface area contributed by atoms with E-state index >= 15 is 0 Å². The van der Waals surface area contributed by atoms with Gasteiger partial charge in [-0.2, -0.15) is 0 Å². The highest BCUT2D eigenvalue weighted by Crippen LogP contribution is 2.25. The molecule has 0 bridgehead atoms. The molecule has 1 aliphatic rings. The SMILES string of the molecule is CC(C)CC(Cl)CNc1ncnc2c1CCC2. The van der Waals surface area contributed by atoms with E-state index < -0.39 is 0 Å². The molecular formula is C13H20ClN3. The summed E-state index contributed by atoms with van der Waals surface area (Å²) in [5.74, 6) is 1.62. The highest BCUT2D eigenvalue weighted by Gasteiger charge is 2.17. The third kappa shape index (κ3) is 3.32. The van der Waals surface area contributed by atoms with Crippen LogP contribution in [0.5, 0.6) is 0 Å². The van der Waals surface area contributed by atoms with Crippen LogP contribution in [0.25, 0.3) is 0 Å². The lowest BCUT2D eigenvalue weighted by molar-refractivity contribution is 0.572. The summed E-state index contributed by atoms with van der Waals surface area (Å²) in [5.41, 5.74) is 2.50. The van der Waals surface area contributed by atoms with Crippen molar-refractivity contribution in [1.29, 1.82) is 0 Å². The van der Waals surface area contributed by atoms with Gasteiger partial charge in [0.1, 0.15) is 12.1 Å². The van der Waals surface area contributed by atoms with Crippen molar-refractivity contribution in [2.24, 2.45) is 5.92 Å². The molecule has 1 unspecified atom stereocenters. The Kier molecular flexibility index (Phi) is 4.21. The second-order valence-electron chi connectivity index (χ2n) is 5.11. The van der Waals surface area contributed by atoms with E-state index in [9.17, 15) is 0 Å². The predicted octanol–water partition coefficient (Wildman–Crippen LogP) is 3.03. The molecule has 0 aliphatic heterocycles. The van der Waals surface area contributed by atoms with Crippen LogP contribution in [0.4, 0.5) is 5.82 Å². The van der Waals surface area contributed by atoms with Gasteiger partial charge in [0, 0.05) is 17.8 Å². The van der Waals surface area contributed by atoms with Crippen molar-refractivity contribution in [3.8, 4) is 0 Å². The van der Waals surface area contributed by atoms with Gasteiger partial charge in [-0.1, -0.05) is 13.8 Å². The average molecular weight is 254 g/mol. The number of hydrogen-bond donors (Lipinski definition) is 1. The van der Waals surface area contributed by atoms with Gasteiger partial charge in [0.2, 0.25) is 0 Å². The van der Waals surface area contributed by atoms with Gasteiger partial charge in [0.25, 0.3) is 0 Å². The molecule has 0 spiro atoms. The maximum absolute atomic E-state index is 6.27. The molecule has 1 atom stereocenters. The van der Waals surface area contributed by atoms with Gasteiger partial charge in [-0.15, -0.1) is 11.6 Å². The lowest BCUT2D eigenvalue weighted by Crippen LogP contribution is -2.18. The summed E-state index contributed by atoms with van der Waals surface area (Å²) in [6.45, 7) is 5.17. The Morgan fingerprint density at radius 3 is 2.94 bits per heavy atom. The summed E-state index contributed by atoms with van der Waals surface area (Å²) in [6.07, 6.45) is 6.05. The van der Waals surface area contributed by atoms with Crippen molar-refractivity contribution in [2.45, 2.75) is 44.9 Å². The van der Waals surface area contributed by atoms with E-state index in [2.05, 4.69) is 29.1 Å². The number of anilines is 1. The van der Waals surface area contributed by atoms with E-state index in [-0.39, 0.29) is 5.38 Å². The second kappa shape index (κ2) is 5.67. The molecule has 0 amide bonds. The van der Waals surface area contributed by atoms with Crippen LogP contribution in [0, 0.1) is 5.92 Å². The molecule has 1 N–H and O–H groups in total. The molecule has 0 saturated heterocycles. The molecular weight excluding hydrogens is 234 g/mol. The van der Waals surface area contributed by atoms with Gasteiger partial charge < -0.3 is 5.32 Å². The highest BCUT2D eigenvalue weighted by atomic mass is 35.5. The van der Waals surface area contributed by atoms with Crippen LogP contribution >= 0.6 is 11.6 Å². The Bertz CT molecular complexity index is 379. The normalized spacial score (nSPS) is 16.0. The lowest BCUT2D eigenvalue weighted by Gasteiger charge is -2.14. The fourth-order valence-corrected chi connectivity index (χ4v) is 2.75. The van der Waals surface area contributed by atoms with E-state index in [1.807, 2.05) is 0 Å². The maximum Gasteiger partial charge on any atom is 0.132 e. The Morgan fingerprint density at radius 1 is 1.35 bits per heavy atom. The van der Waals surface area contributed by atoms with E-state index in [4.69, 9.17) is 11.6 Å². The molecule has 1 heterocycles. The average Bonchev–Trinajstić information content (AvgIpc) is 2.73. The van der Waals surface area contributed by atoms with Crippen molar-refractivity contribution in [3.05, 3.63) is 17.6 Å². The summed E-state index contributed by atoms with van der Waals surface area (Å²) >= 11 is 6.27. The van der Waals surface area contributed by atoms with Crippen LogP contribution in [0.15, 0.2) is 6.33 Å². The monoisotopic (exact) mass is 253 g/mol. The van der Waals surface area contributed by atoms with Gasteiger partial charge in [-0.3, -0.25) is 0 Å². The Labute approximate surface area is 108 Å². The van der Waals surface area contributed by atoms with Crippen molar-refractivity contribution in [3.63, 3.8) is 0 Å². The molecule has 1 aliphatic carbocycles. The van der Waals surface area contributed by atoms with Gasteiger partial charge in [0.05, 0.1) is 5.38 Å². The number of aromatic nitrogens is 2. The first-order valence-corrected chi connectivity index (χ1v) is 6.81. The van der Waals surface area contributed by atoms with E-state index in [0.29, 0.717) is 5.92 Å². The zero-order chi connectivity index (χ0) is 12.3. The number of hydrogen-bond acceptors (Lipinski definition) is 3.